The fraction of sp³-hybridized carbons (Fsp3) is 0.538. The summed E-state index contributed by atoms with van der Waals surface area (Å²) in [4.78, 5) is 0. The number of nitrogen functional groups attached to an aromatic ring is 1. The molecule has 0 amide bonds. The largest absolute Gasteiger partial charge is 0.399 e. The normalized spacial score (nSPS) is 17.9. The predicted molar refractivity (Wildman–Crippen MR) is 67.7 cm³/mol. The average Bonchev–Trinajstić information content (AvgIpc) is 2.15. The molecule has 1 saturated carbocycles. The number of nitrogens with one attached hydrogen (secondary N) is 1. The first-order chi connectivity index (χ1) is 7.63. The number of hydrogen-bond acceptors (Lipinski definition) is 3. The van der Waals surface area contributed by atoms with Crippen molar-refractivity contribution in [2.24, 2.45) is 0 Å². The summed E-state index contributed by atoms with van der Waals surface area (Å²) < 4.78 is 5.56. The van der Waals surface area contributed by atoms with Crippen molar-refractivity contribution in [3.05, 3.63) is 23.8 Å². The summed E-state index contributed by atoms with van der Waals surface area (Å²) in [6, 6.07) is 6.05. The van der Waals surface area contributed by atoms with Crippen LogP contribution in [0.2, 0.25) is 0 Å². The molecule has 3 heteroatoms. The topological polar surface area (TPSA) is 47.3 Å². The van der Waals surface area contributed by atoms with Gasteiger partial charge >= 0.3 is 0 Å². The van der Waals surface area contributed by atoms with Crippen LogP contribution in [0.3, 0.4) is 0 Å². The number of methoxy groups -OCH3 is 1. The standard InChI is InChI=1S/C13H20N2O/c1-10-6-11(14)8-12(7-10)15-9-13(16-2)4-3-5-13/h6-8,15H,3-5,9,14H2,1-2H3. The molecule has 0 aliphatic heterocycles. The zero-order valence-electron chi connectivity index (χ0n) is 10.0. The molecule has 0 aromatic heterocycles. The monoisotopic (exact) mass is 220 g/mol. The lowest BCUT2D eigenvalue weighted by atomic mass is 9.80. The number of hydrogen-bond donors (Lipinski definition) is 2. The van der Waals surface area contributed by atoms with E-state index in [1.54, 1.807) is 7.11 Å². The van der Waals surface area contributed by atoms with E-state index in [0.717, 1.165) is 30.8 Å². The Morgan fingerprint density at radius 1 is 1.38 bits per heavy atom. The fourth-order valence-electron chi connectivity index (χ4n) is 2.20. The van der Waals surface area contributed by atoms with Crippen molar-refractivity contribution in [2.45, 2.75) is 31.8 Å². The first-order valence-electron chi connectivity index (χ1n) is 5.80. The molecule has 0 atom stereocenters. The maximum absolute atomic E-state index is 5.81. The first-order valence-corrected chi connectivity index (χ1v) is 5.80. The molecular formula is C13H20N2O. The van der Waals surface area contributed by atoms with E-state index < -0.39 is 0 Å². The van der Waals surface area contributed by atoms with Crippen LogP contribution in [0.5, 0.6) is 0 Å². The van der Waals surface area contributed by atoms with Gasteiger partial charge in [0, 0.05) is 25.0 Å². The van der Waals surface area contributed by atoms with Crippen molar-refractivity contribution < 1.29 is 4.74 Å². The lowest BCUT2D eigenvalue weighted by molar-refractivity contribution is -0.0601. The molecule has 0 bridgehead atoms. The van der Waals surface area contributed by atoms with E-state index in [1.807, 2.05) is 12.1 Å². The highest BCUT2D eigenvalue weighted by Crippen LogP contribution is 2.35. The van der Waals surface area contributed by atoms with E-state index in [0.29, 0.717) is 0 Å². The molecular weight excluding hydrogens is 200 g/mol. The predicted octanol–water partition coefficient (Wildman–Crippen LogP) is 2.56. The van der Waals surface area contributed by atoms with Crippen molar-refractivity contribution in [2.75, 3.05) is 24.7 Å². The third kappa shape index (κ3) is 2.30. The summed E-state index contributed by atoms with van der Waals surface area (Å²) in [6.07, 6.45) is 3.57. The van der Waals surface area contributed by atoms with Gasteiger partial charge in [-0.05, 0) is 49.9 Å². The van der Waals surface area contributed by atoms with Gasteiger partial charge in [-0.2, -0.15) is 0 Å². The fourth-order valence-corrected chi connectivity index (χ4v) is 2.20. The Morgan fingerprint density at radius 3 is 2.62 bits per heavy atom. The summed E-state index contributed by atoms with van der Waals surface area (Å²) in [5.74, 6) is 0. The van der Waals surface area contributed by atoms with Crippen molar-refractivity contribution in [3.63, 3.8) is 0 Å². The van der Waals surface area contributed by atoms with Gasteiger partial charge in [0.2, 0.25) is 0 Å². The Bertz CT molecular complexity index is 346. The van der Waals surface area contributed by atoms with E-state index in [1.165, 1.54) is 12.0 Å². The van der Waals surface area contributed by atoms with Crippen LogP contribution in [0.15, 0.2) is 18.2 Å². The van der Waals surface area contributed by atoms with E-state index in [4.69, 9.17) is 10.5 Å². The van der Waals surface area contributed by atoms with Crippen LogP contribution in [-0.4, -0.2) is 19.3 Å². The van der Waals surface area contributed by atoms with Gasteiger partial charge in [0.1, 0.15) is 0 Å². The van der Waals surface area contributed by atoms with Crippen molar-refractivity contribution >= 4 is 11.4 Å². The highest BCUT2D eigenvalue weighted by Gasteiger charge is 2.36. The molecule has 0 radical (unpaired) electrons. The Balaban J connectivity index is 1.98. The molecule has 3 N–H and O–H groups in total. The molecule has 0 heterocycles. The minimum absolute atomic E-state index is 0.0541. The van der Waals surface area contributed by atoms with E-state index >= 15 is 0 Å². The maximum atomic E-state index is 5.81. The van der Waals surface area contributed by atoms with Crippen LogP contribution >= 0.6 is 0 Å². The second-order valence-corrected chi connectivity index (χ2v) is 4.73. The lowest BCUT2D eigenvalue weighted by Gasteiger charge is -2.40. The van der Waals surface area contributed by atoms with Crippen LogP contribution < -0.4 is 11.1 Å². The highest BCUT2D eigenvalue weighted by molar-refractivity contribution is 5.56. The van der Waals surface area contributed by atoms with E-state index in [-0.39, 0.29) is 5.60 Å². The maximum Gasteiger partial charge on any atom is 0.0850 e. The quantitative estimate of drug-likeness (QED) is 0.767. The smallest absolute Gasteiger partial charge is 0.0850 e. The minimum atomic E-state index is 0.0541. The van der Waals surface area contributed by atoms with Gasteiger partial charge in [-0.25, -0.2) is 0 Å². The number of aryl methyl sites for hydroxylation is 1. The van der Waals surface area contributed by atoms with Crippen LogP contribution in [0.1, 0.15) is 24.8 Å². The molecule has 3 nitrogen and oxygen atoms in total. The summed E-state index contributed by atoms with van der Waals surface area (Å²) in [6.45, 7) is 2.92. The molecule has 16 heavy (non-hydrogen) atoms. The minimum Gasteiger partial charge on any atom is -0.399 e. The SMILES string of the molecule is COC1(CNc2cc(C)cc(N)c2)CCC1. The number of anilines is 2. The molecule has 1 aromatic carbocycles. The summed E-state index contributed by atoms with van der Waals surface area (Å²) in [7, 11) is 1.80. The zero-order valence-corrected chi connectivity index (χ0v) is 10.0. The third-order valence-electron chi connectivity index (χ3n) is 3.41. The number of ether oxygens (including phenoxy) is 1. The Hall–Kier alpha value is -1.22. The summed E-state index contributed by atoms with van der Waals surface area (Å²) in [5, 5.41) is 3.42. The van der Waals surface area contributed by atoms with Crippen molar-refractivity contribution in [1.82, 2.24) is 0 Å². The Morgan fingerprint density at radius 2 is 2.12 bits per heavy atom. The molecule has 1 aliphatic rings. The second-order valence-electron chi connectivity index (χ2n) is 4.73. The van der Waals surface area contributed by atoms with Gasteiger partial charge in [-0.15, -0.1) is 0 Å². The van der Waals surface area contributed by atoms with E-state index in [2.05, 4.69) is 18.3 Å². The van der Waals surface area contributed by atoms with Crippen molar-refractivity contribution in [1.29, 1.82) is 0 Å². The van der Waals surface area contributed by atoms with Gasteiger partial charge in [-0.3, -0.25) is 0 Å². The number of nitrogens with two attached hydrogens (primary N) is 1. The van der Waals surface area contributed by atoms with Crippen molar-refractivity contribution in [3.8, 4) is 0 Å². The molecule has 2 rings (SSSR count). The van der Waals surface area contributed by atoms with Gasteiger partial charge in [-0.1, -0.05) is 0 Å². The highest BCUT2D eigenvalue weighted by atomic mass is 16.5. The van der Waals surface area contributed by atoms with Crippen LogP contribution in [0.4, 0.5) is 11.4 Å². The first kappa shape index (κ1) is 11.3. The number of benzene rings is 1. The number of rotatable bonds is 4. The van der Waals surface area contributed by atoms with Crippen LogP contribution in [-0.2, 0) is 4.74 Å². The van der Waals surface area contributed by atoms with Gasteiger partial charge in [0.25, 0.3) is 0 Å². The Labute approximate surface area is 97.0 Å². The molecule has 0 saturated heterocycles. The molecule has 1 fully saturated rings. The molecule has 88 valence electrons. The molecule has 0 spiro atoms. The summed E-state index contributed by atoms with van der Waals surface area (Å²) >= 11 is 0. The second kappa shape index (κ2) is 4.34. The Kier molecular flexibility index (Phi) is 3.06. The third-order valence-corrected chi connectivity index (χ3v) is 3.41. The van der Waals surface area contributed by atoms with Gasteiger partial charge < -0.3 is 15.8 Å². The summed E-state index contributed by atoms with van der Waals surface area (Å²) in [5.41, 5.74) is 8.94. The molecule has 1 aromatic rings. The van der Waals surface area contributed by atoms with E-state index in [9.17, 15) is 0 Å². The van der Waals surface area contributed by atoms with Crippen LogP contribution in [0, 0.1) is 6.92 Å². The average molecular weight is 220 g/mol. The zero-order chi connectivity index (χ0) is 11.6. The lowest BCUT2D eigenvalue weighted by Crippen LogP contribution is -2.45. The van der Waals surface area contributed by atoms with Gasteiger partial charge in [0.05, 0.1) is 5.60 Å². The van der Waals surface area contributed by atoms with Crippen LogP contribution in [0.25, 0.3) is 0 Å². The molecule has 0 unspecified atom stereocenters. The van der Waals surface area contributed by atoms with Gasteiger partial charge in [0.15, 0.2) is 0 Å². The molecule has 1 aliphatic carbocycles.